The molecule has 4 heteroatoms. The average Bonchev–Trinajstić information content (AvgIpc) is 1.96. The first kappa shape index (κ1) is 8.78. The molecule has 0 spiro atoms. The SMILES string of the molecule is Cc1c(CO)cc(Cl)nc1Cl. The number of halogens is 2. The van der Waals surface area contributed by atoms with Crippen molar-refractivity contribution in [3.63, 3.8) is 0 Å². The second kappa shape index (κ2) is 3.39. The van der Waals surface area contributed by atoms with E-state index in [1.54, 1.807) is 13.0 Å². The van der Waals surface area contributed by atoms with Crippen molar-refractivity contribution in [3.05, 3.63) is 27.5 Å². The fourth-order valence-corrected chi connectivity index (χ4v) is 1.23. The number of aliphatic hydroxyl groups is 1. The van der Waals surface area contributed by atoms with Gasteiger partial charge in [-0.3, -0.25) is 0 Å². The Bertz CT molecular complexity index is 275. The summed E-state index contributed by atoms with van der Waals surface area (Å²) in [4.78, 5) is 3.80. The summed E-state index contributed by atoms with van der Waals surface area (Å²) >= 11 is 11.3. The van der Waals surface area contributed by atoms with E-state index in [9.17, 15) is 0 Å². The van der Waals surface area contributed by atoms with Gasteiger partial charge in [-0.2, -0.15) is 0 Å². The van der Waals surface area contributed by atoms with Crippen LogP contribution in [-0.4, -0.2) is 10.1 Å². The van der Waals surface area contributed by atoms with E-state index < -0.39 is 0 Å². The Morgan fingerprint density at radius 2 is 2.18 bits per heavy atom. The molecule has 1 rings (SSSR count). The van der Waals surface area contributed by atoms with Crippen molar-refractivity contribution >= 4 is 23.2 Å². The first-order valence-corrected chi connectivity index (χ1v) is 3.83. The molecule has 1 N–H and O–H groups in total. The van der Waals surface area contributed by atoms with Crippen molar-refractivity contribution in [3.8, 4) is 0 Å². The molecule has 0 fully saturated rings. The zero-order valence-corrected chi connectivity index (χ0v) is 7.45. The summed E-state index contributed by atoms with van der Waals surface area (Å²) in [5.74, 6) is 0. The largest absolute Gasteiger partial charge is 0.392 e. The van der Waals surface area contributed by atoms with Crippen molar-refractivity contribution in [2.24, 2.45) is 0 Å². The molecular formula is C7H7Cl2NO. The van der Waals surface area contributed by atoms with Gasteiger partial charge in [-0.1, -0.05) is 23.2 Å². The van der Waals surface area contributed by atoms with Crippen LogP contribution in [0, 0.1) is 6.92 Å². The summed E-state index contributed by atoms with van der Waals surface area (Å²) < 4.78 is 0. The topological polar surface area (TPSA) is 33.1 Å². The lowest BCUT2D eigenvalue weighted by Crippen LogP contribution is -1.92. The lowest BCUT2D eigenvalue weighted by atomic mass is 10.2. The van der Waals surface area contributed by atoms with Crippen LogP contribution in [0.4, 0.5) is 0 Å². The number of pyridine rings is 1. The van der Waals surface area contributed by atoms with E-state index in [1.165, 1.54) is 0 Å². The van der Waals surface area contributed by atoms with Crippen LogP contribution in [0.1, 0.15) is 11.1 Å². The molecular weight excluding hydrogens is 185 g/mol. The predicted octanol–water partition coefficient (Wildman–Crippen LogP) is 2.19. The third-order valence-corrected chi connectivity index (χ3v) is 2.02. The van der Waals surface area contributed by atoms with Gasteiger partial charge in [0.05, 0.1) is 6.61 Å². The van der Waals surface area contributed by atoms with Crippen molar-refractivity contribution < 1.29 is 5.11 Å². The van der Waals surface area contributed by atoms with Gasteiger partial charge >= 0.3 is 0 Å². The Labute approximate surface area is 74.8 Å². The molecule has 1 aromatic heterocycles. The van der Waals surface area contributed by atoms with Crippen LogP contribution in [0.25, 0.3) is 0 Å². The third kappa shape index (κ3) is 1.83. The molecule has 0 radical (unpaired) electrons. The Balaban J connectivity index is 3.24. The number of hydrogen-bond acceptors (Lipinski definition) is 2. The third-order valence-electron chi connectivity index (χ3n) is 1.46. The highest BCUT2D eigenvalue weighted by Gasteiger charge is 2.04. The first-order valence-electron chi connectivity index (χ1n) is 3.07. The summed E-state index contributed by atoms with van der Waals surface area (Å²) in [6, 6.07) is 1.60. The van der Waals surface area contributed by atoms with E-state index in [4.69, 9.17) is 28.3 Å². The van der Waals surface area contributed by atoms with E-state index in [0.29, 0.717) is 10.3 Å². The van der Waals surface area contributed by atoms with Crippen LogP contribution in [0.5, 0.6) is 0 Å². The molecule has 11 heavy (non-hydrogen) atoms. The zero-order chi connectivity index (χ0) is 8.43. The summed E-state index contributed by atoms with van der Waals surface area (Å²) in [5.41, 5.74) is 1.49. The van der Waals surface area contributed by atoms with Crippen molar-refractivity contribution in [2.75, 3.05) is 0 Å². The minimum Gasteiger partial charge on any atom is -0.392 e. The quantitative estimate of drug-likeness (QED) is 0.691. The van der Waals surface area contributed by atoms with Gasteiger partial charge < -0.3 is 5.11 Å². The molecule has 0 atom stereocenters. The molecule has 0 saturated heterocycles. The van der Waals surface area contributed by atoms with Gasteiger partial charge in [0.25, 0.3) is 0 Å². The lowest BCUT2D eigenvalue weighted by molar-refractivity contribution is 0.281. The zero-order valence-electron chi connectivity index (χ0n) is 5.93. The molecule has 1 heterocycles. The predicted molar refractivity (Wildman–Crippen MR) is 44.9 cm³/mol. The lowest BCUT2D eigenvalue weighted by Gasteiger charge is -2.03. The number of hydrogen-bond donors (Lipinski definition) is 1. The fourth-order valence-electron chi connectivity index (χ4n) is 0.759. The second-order valence-corrected chi connectivity index (χ2v) is 2.92. The Morgan fingerprint density at radius 1 is 1.55 bits per heavy atom. The maximum atomic E-state index is 8.82. The van der Waals surface area contributed by atoms with Crippen LogP contribution in [0.3, 0.4) is 0 Å². The number of aromatic nitrogens is 1. The van der Waals surface area contributed by atoms with E-state index in [2.05, 4.69) is 4.98 Å². The minimum atomic E-state index is -0.0617. The standard InChI is InChI=1S/C7H7Cl2NO/c1-4-5(3-11)2-6(8)10-7(4)9/h2,11H,3H2,1H3. The highest BCUT2D eigenvalue weighted by atomic mass is 35.5. The summed E-state index contributed by atoms with van der Waals surface area (Å²) in [6.07, 6.45) is 0. The van der Waals surface area contributed by atoms with Crippen LogP contribution < -0.4 is 0 Å². The highest BCUT2D eigenvalue weighted by molar-refractivity contribution is 6.33. The molecule has 0 aliphatic heterocycles. The molecule has 2 nitrogen and oxygen atoms in total. The molecule has 0 aliphatic rings. The number of nitrogens with zero attached hydrogens (tertiary/aromatic N) is 1. The highest BCUT2D eigenvalue weighted by Crippen LogP contribution is 2.20. The first-order chi connectivity index (χ1) is 5.15. The minimum absolute atomic E-state index is 0.0617. The molecule has 0 amide bonds. The maximum absolute atomic E-state index is 8.82. The van der Waals surface area contributed by atoms with E-state index in [1.807, 2.05) is 0 Å². The molecule has 0 saturated carbocycles. The molecule has 0 aromatic carbocycles. The normalized spacial score (nSPS) is 10.2. The fraction of sp³-hybridized carbons (Fsp3) is 0.286. The Hall–Kier alpha value is -0.310. The van der Waals surface area contributed by atoms with Gasteiger partial charge in [-0.25, -0.2) is 4.98 Å². The number of aliphatic hydroxyl groups excluding tert-OH is 1. The maximum Gasteiger partial charge on any atom is 0.134 e. The van der Waals surface area contributed by atoms with Crippen LogP contribution in [0.15, 0.2) is 6.07 Å². The number of rotatable bonds is 1. The molecule has 0 aliphatic carbocycles. The molecule has 1 aromatic rings. The average molecular weight is 192 g/mol. The van der Waals surface area contributed by atoms with Crippen molar-refractivity contribution in [1.82, 2.24) is 4.98 Å². The van der Waals surface area contributed by atoms with Crippen molar-refractivity contribution in [1.29, 1.82) is 0 Å². The Kier molecular flexibility index (Phi) is 2.71. The second-order valence-electron chi connectivity index (χ2n) is 2.18. The van der Waals surface area contributed by atoms with Crippen LogP contribution in [-0.2, 0) is 6.61 Å². The van der Waals surface area contributed by atoms with Gasteiger partial charge in [-0.15, -0.1) is 0 Å². The molecule has 0 unspecified atom stereocenters. The van der Waals surface area contributed by atoms with Gasteiger partial charge in [0.15, 0.2) is 0 Å². The van der Waals surface area contributed by atoms with Gasteiger partial charge in [0, 0.05) is 0 Å². The van der Waals surface area contributed by atoms with Gasteiger partial charge in [-0.05, 0) is 24.1 Å². The van der Waals surface area contributed by atoms with Crippen molar-refractivity contribution in [2.45, 2.75) is 13.5 Å². The van der Waals surface area contributed by atoms with Crippen LogP contribution in [0.2, 0.25) is 10.3 Å². The van der Waals surface area contributed by atoms with E-state index in [-0.39, 0.29) is 6.61 Å². The molecule has 0 bridgehead atoms. The van der Waals surface area contributed by atoms with E-state index in [0.717, 1.165) is 11.1 Å². The molecule has 60 valence electrons. The Morgan fingerprint density at radius 3 is 2.73 bits per heavy atom. The summed E-state index contributed by atoms with van der Waals surface area (Å²) in [7, 11) is 0. The van der Waals surface area contributed by atoms with Gasteiger partial charge in [0.2, 0.25) is 0 Å². The van der Waals surface area contributed by atoms with Crippen LogP contribution >= 0.6 is 23.2 Å². The summed E-state index contributed by atoms with van der Waals surface area (Å²) in [6.45, 7) is 1.73. The monoisotopic (exact) mass is 191 g/mol. The summed E-state index contributed by atoms with van der Waals surface area (Å²) in [5, 5.41) is 9.48. The van der Waals surface area contributed by atoms with E-state index >= 15 is 0 Å². The van der Waals surface area contributed by atoms with Gasteiger partial charge in [0.1, 0.15) is 10.3 Å². The smallest absolute Gasteiger partial charge is 0.134 e.